The summed E-state index contributed by atoms with van der Waals surface area (Å²) in [5, 5.41) is 11.5. The maximum absolute atomic E-state index is 11.1. The molecule has 0 saturated carbocycles. The van der Waals surface area contributed by atoms with E-state index in [-0.39, 0.29) is 12.5 Å². The van der Waals surface area contributed by atoms with Gasteiger partial charge in [-0.25, -0.2) is 0 Å². The number of ether oxygens (including phenoxy) is 1. The smallest absolute Gasteiger partial charge is 0.262 e. The van der Waals surface area contributed by atoms with Crippen LogP contribution in [0, 0.1) is 18.3 Å². The van der Waals surface area contributed by atoms with Crippen LogP contribution in [0.3, 0.4) is 0 Å². The number of anilines is 1. The van der Waals surface area contributed by atoms with Gasteiger partial charge in [0.1, 0.15) is 5.75 Å². The van der Waals surface area contributed by atoms with Crippen LogP contribution in [0.5, 0.6) is 5.75 Å². The first-order chi connectivity index (χ1) is 6.72. The number of amides is 1. The van der Waals surface area contributed by atoms with Crippen molar-refractivity contribution in [3.05, 3.63) is 23.3 Å². The van der Waals surface area contributed by atoms with Crippen LogP contribution in [0.25, 0.3) is 0 Å². The molecule has 1 aliphatic heterocycles. The molecule has 0 saturated heterocycles. The fraction of sp³-hybridized carbons (Fsp3) is 0.200. The predicted octanol–water partition coefficient (Wildman–Crippen LogP) is 1.20. The number of nitrogens with one attached hydrogen (secondary N) is 1. The quantitative estimate of drug-likeness (QED) is 0.665. The third-order valence-corrected chi connectivity index (χ3v) is 2.17. The molecule has 70 valence electrons. The molecule has 1 aromatic rings. The molecule has 0 aromatic heterocycles. The molecule has 4 nitrogen and oxygen atoms in total. The lowest BCUT2D eigenvalue weighted by molar-refractivity contribution is -0.118. The minimum atomic E-state index is -0.185. The Morgan fingerprint density at radius 1 is 1.57 bits per heavy atom. The standard InChI is InChI=1S/C10H8N2O2/c1-6-7(4-11)2-3-8-10(6)12-9(13)5-14-8/h2-3H,5H2,1H3,(H,12,13). The lowest BCUT2D eigenvalue weighted by atomic mass is 10.1. The van der Waals surface area contributed by atoms with E-state index in [1.54, 1.807) is 19.1 Å². The summed E-state index contributed by atoms with van der Waals surface area (Å²) in [6, 6.07) is 5.43. The van der Waals surface area contributed by atoms with Crippen LogP contribution in [0.1, 0.15) is 11.1 Å². The van der Waals surface area contributed by atoms with Crippen LogP contribution in [0.15, 0.2) is 12.1 Å². The first-order valence-electron chi connectivity index (χ1n) is 4.18. The van der Waals surface area contributed by atoms with E-state index in [4.69, 9.17) is 10.00 Å². The molecule has 0 radical (unpaired) electrons. The highest BCUT2D eigenvalue weighted by molar-refractivity contribution is 5.96. The maximum Gasteiger partial charge on any atom is 0.262 e. The van der Waals surface area contributed by atoms with Gasteiger partial charge in [-0.2, -0.15) is 5.26 Å². The molecule has 2 rings (SSSR count). The van der Waals surface area contributed by atoms with Crippen LogP contribution < -0.4 is 10.1 Å². The summed E-state index contributed by atoms with van der Waals surface area (Å²) in [6.07, 6.45) is 0. The normalized spacial score (nSPS) is 13.6. The Hall–Kier alpha value is -2.02. The van der Waals surface area contributed by atoms with Gasteiger partial charge in [0.05, 0.1) is 17.3 Å². The Labute approximate surface area is 81.1 Å². The molecule has 0 unspecified atom stereocenters. The summed E-state index contributed by atoms with van der Waals surface area (Å²) in [6.45, 7) is 1.82. The molecule has 1 amide bonds. The van der Waals surface area contributed by atoms with Crippen LogP contribution in [-0.4, -0.2) is 12.5 Å². The second-order valence-electron chi connectivity index (χ2n) is 3.06. The molecule has 1 heterocycles. The molecule has 0 atom stereocenters. The van der Waals surface area contributed by atoms with Gasteiger partial charge in [0.15, 0.2) is 6.61 Å². The van der Waals surface area contributed by atoms with E-state index in [1.165, 1.54) is 0 Å². The lowest BCUT2D eigenvalue weighted by Crippen LogP contribution is -2.26. The van der Waals surface area contributed by atoms with E-state index in [2.05, 4.69) is 11.4 Å². The molecular weight excluding hydrogens is 180 g/mol. The van der Waals surface area contributed by atoms with Gasteiger partial charge in [-0.3, -0.25) is 4.79 Å². The average Bonchev–Trinajstić information content (AvgIpc) is 2.20. The third-order valence-electron chi connectivity index (χ3n) is 2.17. The van der Waals surface area contributed by atoms with Gasteiger partial charge in [0, 0.05) is 0 Å². The molecule has 14 heavy (non-hydrogen) atoms. The number of benzene rings is 1. The number of rotatable bonds is 0. The molecule has 1 aliphatic rings. The first kappa shape index (κ1) is 8.57. The highest BCUT2D eigenvalue weighted by Crippen LogP contribution is 2.32. The summed E-state index contributed by atoms with van der Waals surface area (Å²) < 4.78 is 5.19. The zero-order valence-corrected chi connectivity index (χ0v) is 7.63. The molecule has 0 fully saturated rings. The highest BCUT2D eigenvalue weighted by Gasteiger charge is 2.18. The minimum absolute atomic E-state index is 0.0400. The van der Waals surface area contributed by atoms with Crippen LogP contribution in [-0.2, 0) is 4.79 Å². The van der Waals surface area contributed by atoms with Crippen molar-refractivity contribution in [2.75, 3.05) is 11.9 Å². The predicted molar refractivity (Wildman–Crippen MR) is 50.0 cm³/mol. The second-order valence-corrected chi connectivity index (χ2v) is 3.06. The number of fused-ring (bicyclic) bond motifs is 1. The van der Waals surface area contributed by atoms with Crippen molar-refractivity contribution < 1.29 is 9.53 Å². The molecule has 1 aromatic carbocycles. The van der Waals surface area contributed by atoms with Crippen molar-refractivity contribution >= 4 is 11.6 Å². The Balaban J connectivity index is 2.57. The van der Waals surface area contributed by atoms with Gasteiger partial charge >= 0.3 is 0 Å². The number of carbonyl (C=O) groups is 1. The first-order valence-corrected chi connectivity index (χ1v) is 4.18. The van der Waals surface area contributed by atoms with E-state index in [0.29, 0.717) is 17.0 Å². The highest BCUT2D eigenvalue weighted by atomic mass is 16.5. The fourth-order valence-corrected chi connectivity index (χ4v) is 1.40. The second kappa shape index (κ2) is 3.04. The summed E-state index contributed by atoms with van der Waals surface area (Å²) in [5.74, 6) is 0.441. The number of hydrogen-bond acceptors (Lipinski definition) is 3. The minimum Gasteiger partial charge on any atom is -0.482 e. The molecule has 0 bridgehead atoms. The van der Waals surface area contributed by atoms with Crippen molar-refractivity contribution in [3.63, 3.8) is 0 Å². The van der Waals surface area contributed by atoms with E-state index >= 15 is 0 Å². The molecular formula is C10H8N2O2. The van der Waals surface area contributed by atoms with Crippen molar-refractivity contribution in [3.8, 4) is 11.8 Å². The monoisotopic (exact) mass is 188 g/mol. The number of carbonyl (C=O) groups excluding carboxylic acids is 1. The Morgan fingerprint density at radius 3 is 3.07 bits per heavy atom. The van der Waals surface area contributed by atoms with Crippen LogP contribution >= 0.6 is 0 Å². The van der Waals surface area contributed by atoms with Gasteiger partial charge in [0.25, 0.3) is 5.91 Å². The lowest BCUT2D eigenvalue weighted by Gasteiger charge is -2.19. The van der Waals surface area contributed by atoms with Crippen molar-refractivity contribution in [2.45, 2.75) is 6.92 Å². The third kappa shape index (κ3) is 1.19. The van der Waals surface area contributed by atoms with Crippen LogP contribution in [0.2, 0.25) is 0 Å². The zero-order valence-electron chi connectivity index (χ0n) is 7.63. The summed E-state index contributed by atoms with van der Waals surface area (Å²) >= 11 is 0. The van der Waals surface area contributed by atoms with Gasteiger partial charge in [-0.15, -0.1) is 0 Å². The van der Waals surface area contributed by atoms with Gasteiger partial charge in [0.2, 0.25) is 0 Å². The SMILES string of the molecule is Cc1c(C#N)ccc2c1NC(=O)CO2. The topological polar surface area (TPSA) is 62.1 Å². The average molecular weight is 188 g/mol. The molecule has 4 heteroatoms. The Morgan fingerprint density at radius 2 is 2.36 bits per heavy atom. The molecule has 0 aliphatic carbocycles. The van der Waals surface area contributed by atoms with E-state index in [0.717, 1.165) is 5.56 Å². The Bertz CT molecular complexity index is 446. The number of hydrogen-bond donors (Lipinski definition) is 1. The van der Waals surface area contributed by atoms with Crippen LogP contribution in [0.4, 0.5) is 5.69 Å². The number of nitrogens with zero attached hydrogens (tertiary/aromatic N) is 1. The maximum atomic E-state index is 11.1. The van der Waals surface area contributed by atoms with Crippen molar-refractivity contribution in [2.24, 2.45) is 0 Å². The van der Waals surface area contributed by atoms with Gasteiger partial charge in [-0.05, 0) is 24.6 Å². The van der Waals surface area contributed by atoms with E-state index in [9.17, 15) is 4.79 Å². The summed E-state index contributed by atoms with van der Waals surface area (Å²) in [7, 11) is 0. The molecule has 0 spiro atoms. The van der Waals surface area contributed by atoms with E-state index < -0.39 is 0 Å². The largest absolute Gasteiger partial charge is 0.482 e. The van der Waals surface area contributed by atoms with Crippen molar-refractivity contribution in [1.82, 2.24) is 0 Å². The summed E-state index contributed by atoms with van der Waals surface area (Å²) in [4.78, 5) is 11.1. The fourth-order valence-electron chi connectivity index (χ4n) is 1.40. The zero-order chi connectivity index (χ0) is 10.1. The van der Waals surface area contributed by atoms with Crippen molar-refractivity contribution in [1.29, 1.82) is 5.26 Å². The molecule has 1 N–H and O–H groups in total. The van der Waals surface area contributed by atoms with Gasteiger partial charge < -0.3 is 10.1 Å². The van der Waals surface area contributed by atoms with Gasteiger partial charge in [-0.1, -0.05) is 0 Å². The number of nitriles is 1. The van der Waals surface area contributed by atoms with E-state index in [1.807, 2.05) is 0 Å². The summed E-state index contributed by atoms with van der Waals surface area (Å²) in [5.41, 5.74) is 1.91. The Kier molecular flexibility index (Phi) is 1.86.